The molecule has 4 aromatic carbocycles. The van der Waals surface area contributed by atoms with Gasteiger partial charge in [0.25, 0.3) is 0 Å². The Balaban J connectivity index is 1.57. The van der Waals surface area contributed by atoms with Crippen LogP contribution in [-0.4, -0.2) is 29.4 Å². The maximum Gasteiger partial charge on any atom is 0.187 e. The fraction of sp³-hybridized carbons (Fsp3) is 0.121. The SMILES string of the molecule is O=C(c1ccccc1Cl)[C@H]1[C@H](c2cccc(Cl)c2)C2(C(=O)c3ccccc3C2=O)[C@H]2C=Cc3ccccc3N12. The predicted molar refractivity (Wildman–Crippen MR) is 153 cm³/mol. The second-order valence-electron chi connectivity index (χ2n) is 10.2. The number of halogens is 2. The molecule has 2 heterocycles. The number of rotatable bonds is 3. The second-order valence-corrected chi connectivity index (χ2v) is 11.0. The molecular weight excluding hydrogens is 529 g/mol. The van der Waals surface area contributed by atoms with Crippen molar-refractivity contribution in [1.82, 2.24) is 0 Å². The van der Waals surface area contributed by atoms with Gasteiger partial charge in [0.05, 0.1) is 11.1 Å². The molecule has 1 fully saturated rings. The highest BCUT2D eigenvalue weighted by molar-refractivity contribution is 6.35. The van der Waals surface area contributed by atoms with Crippen LogP contribution in [0.1, 0.15) is 48.1 Å². The molecule has 190 valence electrons. The van der Waals surface area contributed by atoms with Crippen LogP contribution in [0.5, 0.6) is 0 Å². The molecule has 7 rings (SSSR count). The second kappa shape index (κ2) is 8.77. The molecule has 0 amide bonds. The zero-order valence-electron chi connectivity index (χ0n) is 20.6. The summed E-state index contributed by atoms with van der Waals surface area (Å²) in [6.07, 6.45) is 3.85. The van der Waals surface area contributed by atoms with Gasteiger partial charge in [0, 0.05) is 33.3 Å². The van der Waals surface area contributed by atoms with Gasteiger partial charge in [0.2, 0.25) is 0 Å². The van der Waals surface area contributed by atoms with E-state index in [1.165, 1.54) is 0 Å². The van der Waals surface area contributed by atoms with E-state index in [0.717, 1.165) is 11.3 Å². The van der Waals surface area contributed by atoms with E-state index in [2.05, 4.69) is 0 Å². The number of benzene rings is 4. The first kappa shape index (κ1) is 24.1. The van der Waals surface area contributed by atoms with E-state index < -0.39 is 23.4 Å². The molecule has 0 radical (unpaired) electrons. The van der Waals surface area contributed by atoms with Crippen molar-refractivity contribution in [1.29, 1.82) is 0 Å². The Hall–Kier alpha value is -3.99. The van der Waals surface area contributed by atoms with Gasteiger partial charge >= 0.3 is 0 Å². The van der Waals surface area contributed by atoms with Crippen LogP contribution in [0.2, 0.25) is 10.0 Å². The molecule has 1 aliphatic carbocycles. The van der Waals surface area contributed by atoms with Gasteiger partial charge in [-0.25, -0.2) is 0 Å². The van der Waals surface area contributed by atoms with Crippen LogP contribution in [0.3, 0.4) is 0 Å². The van der Waals surface area contributed by atoms with E-state index in [1.807, 2.05) is 47.4 Å². The van der Waals surface area contributed by atoms with Crippen molar-refractivity contribution in [2.75, 3.05) is 4.90 Å². The molecule has 0 N–H and O–H groups in total. The number of Topliss-reactive ketones (excluding diaryl/α,β-unsaturated/α-hetero) is 3. The first-order valence-electron chi connectivity index (χ1n) is 12.7. The number of hydrogen-bond acceptors (Lipinski definition) is 4. The molecule has 6 heteroatoms. The Morgan fingerprint density at radius 3 is 2.15 bits per heavy atom. The van der Waals surface area contributed by atoms with Crippen LogP contribution in [0.15, 0.2) is 103 Å². The van der Waals surface area contributed by atoms with E-state index in [9.17, 15) is 14.4 Å². The lowest BCUT2D eigenvalue weighted by Crippen LogP contribution is -2.48. The summed E-state index contributed by atoms with van der Waals surface area (Å²) in [5.41, 5.74) is 1.89. The zero-order chi connectivity index (χ0) is 26.9. The van der Waals surface area contributed by atoms with Crippen LogP contribution in [-0.2, 0) is 0 Å². The lowest BCUT2D eigenvalue weighted by Gasteiger charge is -2.37. The predicted octanol–water partition coefficient (Wildman–Crippen LogP) is 7.31. The van der Waals surface area contributed by atoms with E-state index in [-0.39, 0.29) is 17.3 Å². The van der Waals surface area contributed by atoms with Crippen molar-refractivity contribution in [3.8, 4) is 0 Å². The first-order chi connectivity index (χ1) is 18.9. The number of anilines is 1. The molecular formula is C33H21Cl2NO3. The van der Waals surface area contributed by atoms with Gasteiger partial charge in [-0.1, -0.05) is 102 Å². The van der Waals surface area contributed by atoms with Crippen LogP contribution in [0, 0.1) is 5.41 Å². The van der Waals surface area contributed by atoms with E-state index in [0.29, 0.717) is 32.3 Å². The Morgan fingerprint density at radius 1 is 0.769 bits per heavy atom. The molecule has 4 nitrogen and oxygen atoms in total. The molecule has 3 atom stereocenters. The Bertz CT molecular complexity index is 1710. The molecule has 3 aliphatic rings. The minimum absolute atomic E-state index is 0.255. The summed E-state index contributed by atoms with van der Waals surface area (Å²) in [5.74, 6) is -1.63. The fourth-order valence-corrected chi connectivity index (χ4v) is 7.24. The normalized spacial score (nSPS) is 22.1. The van der Waals surface area contributed by atoms with Crippen molar-refractivity contribution in [3.05, 3.63) is 141 Å². The number of carbonyl (C=O) groups excluding carboxylic acids is 3. The molecule has 4 aromatic rings. The van der Waals surface area contributed by atoms with Gasteiger partial charge < -0.3 is 4.90 Å². The van der Waals surface area contributed by atoms with E-state index >= 15 is 0 Å². The highest BCUT2D eigenvalue weighted by Crippen LogP contribution is 2.61. The molecule has 39 heavy (non-hydrogen) atoms. The van der Waals surface area contributed by atoms with Crippen molar-refractivity contribution >= 4 is 52.3 Å². The van der Waals surface area contributed by atoms with Crippen LogP contribution >= 0.6 is 23.2 Å². The van der Waals surface area contributed by atoms with E-state index in [1.54, 1.807) is 66.7 Å². The van der Waals surface area contributed by atoms with Crippen LogP contribution in [0.25, 0.3) is 6.08 Å². The Morgan fingerprint density at radius 2 is 1.44 bits per heavy atom. The molecule has 0 saturated carbocycles. The van der Waals surface area contributed by atoms with Crippen molar-refractivity contribution < 1.29 is 14.4 Å². The lowest BCUT2D eigenvalue weighted by atomic mass is 9.64. The summed E-state index contributed by atoms with van der Waals surface area (Å²) in [4.78, 5) is 45.8. The van der Waals surface area contributed by atoms with Gasteiger partial charge in [-0.15, -0.1) is 0 Å². The van der Waals surface area contributed by atoms with Gasteiger partial charge in [-0.05, 0) is 41.5 Å². The van der Waals surface area contributed by atoms with Gasteiger partial charge in [-0.2, -0.15) is 0 Å². The third-order valence-corrected chi connectivity index (χ3v) is 8.89. The molecule has 0 bridgehead atoms. The topological polar surface area (TPSA) is 54.5 Å². The summed E-state index contributed by atoms with van der Waals surface area (Å²) < 4.78 is 0. The molecule has 1 spiro atoms. The summed E-state index contributed by atoms with van der Waals surface area (Å²) >= 11 is 13.0. The average molecular weight is 550 g/mol. The van der Waals surface area contributed by atoms with Crippen molar-refractivity contribution in [2.45, 2.75) is 18.0 Å². The van der Waals surface area contributed by atoms with Crippen LogP contribution in [0.4, 0.5) is 5.69 Å². The molecule has 0 unspecified atom stereocenters. The molecule has 0 aromatic heterocycles. The standard InChI is InChI=1S/C33H21Cl2NO3/c34-21-10-7-9-20(18-21)28-29(30(37)24-13-4-5-14-25(24)35)36-26-15-6-1-8-19(26)16-17-27(36)33(28)31(38)22-11-2-3-12-23(22)32(33)39/h1-18,27-29H/t27-,28+,29-/m1/s1. The number of nitrogens with zero attached hydrogens (tertiary/aromatic N) is 1. The van der Waals surface area contributed by atoms with Crippen LogP contribution < -0.4 is 4.90 Å². The van der Waals surface area contributed by atoms with Gasteiger partial charge in [0.15, 0.2) is 17.3 Å². The number of para-hydroxylation sites is 1. The van der Waals surface area contributed by atoms with Crippen molar-refractivity contribution in [3.63, 3.8) is 0 Å². The number of hydrogen-bond donors (Lipinski definition) is 0. The fourth-order valence-electron chi connectivity index (χ4n) is 6.81. The molecule has 2 aliphatic heterocycles. The maximum absolute atomic E-state index is 14.6. The average Bonchev–Trinajstić information content (AvgIpc) is 3.39. The highest BCUT2D eigenvalue weighted by atomic mass is 35.5. The van der Waals surface area contributed by atoms with Gasteiger partial charge in [0.1, 0.15) is 11.5 Å². The summed E-state index contributed by atoms with van der Waals surface area (Å²) in [6.45, 7) is 0. The lowest BCUT2D eigenvalue weighted by molar-refractivity contribution is 0.0666. The Labute approximate surface area is 235 Å². The van der Waals surface area contributed by atoms with Crippen molar-refractivity contribution in [2.24, 2.45) is 5.41 Å². The highest BCUT2D eigenvalue weighted by Gasteiger charge is 2.71. The number of carbonyl (C=O) groups is 3. The minimum atomic E-state index is -1.57. The number of ketones is 3. The summed E-state index contributed by atoms with van der Waals surface area (Å²) in [7, 11) is 0. The Kier molecular flexibility index (Phi) is 5.41. The van der Waals surface area contributed by atoms with E-state index in [4.69, 9.17) is 23.2 Å². The third kappa shape index (κ3) is 3.22. The van der Waals surface area contributed by atoms with Gasteiger partial charge in [-0.3, -0.25) is 14.4 Å². The maximum atomic E-state index is 14.6. The third-order valence-electron chi connectivity index (χ3n) is 8.33. The smallest absolute Gasteiger partial charge is 0.187 e. The largest absolute Gasteiger partial charge is 0.352 e. The monoisotopic (exact) mass is 549 g/mol. The quantitative estimate of drug-likeness (QED) is 0.198. The summed E-state index contributed by atoms with van der Waals surface area (Å²) in [5, 5.41) is 0.779. The zero-order valence-corrected chi connectivity index (χ0v) is 22.1. The molecule has 1 saturated heterocycles. The summed E-state index contributed by atoms with van der Waals surface area (Å²) in [6, 6.07) is 27.1. The minimum Gasteiger partial charge on any atom is -0.352 e. The number of fused-ring (bicyclic) bond motifs is 5. The first-order valence-corrected chi connectivity index (χ1v) is 13.5.